The molecule has 0 spiro atoms. The first kappa shape index (κ1) is 25.9. The second-order valence-electron chi connectivity index (χ2n) is 8.42. The van der Waals surface area contributed by atoms with Crippen molar-refractivity contribution in [2.75, 3.05) is 0 Å². The molecular weight excluding hydrogens is 449 g/mol. The highest BCUT2D eigenvalue weighted by atomic mass is 31.2. The molecule has 1 N–H and O–H groups in total. The van der Waals surface area contributed by atoms with Crippen LogP contribution in [0.3, 0.4) is 0 Å². The number of carbonyl (C=O) groups is 1. The van der Waals surface area contributed by atoms with Gasteiger partial charge in [-0.25, -0.2) is 9.65 Å². The van der Waals surface area contributed by atoms with Crippen LogP contribution in [0.5, 0.6) is 0 Å². The molecule has 0 bridgehead atoms. The van der Waals surface area contributed by atoms with Gasteiger partial charge in [-0.15, -0.1) is 0 Å². The summed E-state index contributed by atoms with van der Waals surface area (Å²) in [6, 6.07) is 27.4. The third-order valence-electron chi connectivity index (χ3n) is 5.02. The summed E-state index contributed by atoms with van der Waals surface area (Å²) in [5.41, 5.74) is 2.57. The number of rotatable bonds is 13. The minimum Gasteiger partial charge on any atom is -0.460 e. The molecule has 0 aliphatic rings. The summed E-state index contributed by atoms with van der Waals surface area (Å²) < 4.78 is 30.8. The van der Waals surface area contributed by atoms with Crippen molar-refractivity contribution in [1.29, 1.82) is 0 Å². The van der Waals surface area contributed by atoms with E-state index in [1.54, 1.807) is 0 Å². The van der Waals surface area contributed by atoms with Gasteiger partial charge in [0.05, 0.1) is 13.2 Å². The first-order chi connectivity index (χ1) is 16.4. The lowest BCUT2D eigenvalue weighted by atomic mass is 10.1. The van der Waals surface area contributed by atoms with E-state index in [1.165, 1.54) is 0 Å². The Balaban J connectivity index is 1.73. The van der Waals surface area contributed by atoms with Crippen molar-refractivity contribution in [2.24, 2.45) is 5.92 Å². The minimum atomic E-state index is -3.86. The maximum atomic E-state index is 13.8. The minimum absolute atomic E-state index is 0.0768. The van der Waals surface area contributed by atoms with Crippen LogP contribution in [-0.2, 0) is 43.0 Å². The topological polar surface area (TPSA) is 73.9 Å². The molecule has 3 aromatic carbocycles. The average Bonchev–Trinajstić information content (AvgIpc) is 2.86. The Morgan fingerprint density at radius 1 is 0.735 bits per heavy atom. The van der Waals surface area contributed by atoms with E-state index < -0.39 is 19.8 Å². The molecule has 0 saturated carbocycles. The molecule has 0 radical (unpaired) electrons. The molecule has 0 heterocycles. The van der Waals surface area contributed by atoms with Crippen LogP contribution in [-0.4, -0.2) is 12.0 Å². The lowest BCUT2D eigenvalue weighted by Gasteiger charge is -2.25. The maximum absolute atomic E-state index is 13.8. The lowest BCUT2D eigenvalue weighted by Crippen LogP contribution is -2.38. The van der Waals surface area contributed by atoms with Gasteiger partial charge in [0.2, 0.25) is 0 Å². The van der Waals surface area contributed by atoms with Gasteiger partial charge in [0.25, 0.3) is 0 Å². The molecule has 6 nitrogen and oxygen atoms in total. The number of hydrogen-bond acceptors (Lipinski definition) is 5. The number of carbonyl (C=O) groups excluding carboxylic acids is 1. The molecule has 180 valence electrons. The summed E-state index contributed by atoms with van der Waals surface area (Å²) in [6.07, 6.45) is 0.418. The summed E-state index contributed by atoms with van der Waals surface area (Å²) in [4.78, 5) is 13.0. The molecule has 0 amide bonds. The number of nitrogens with one attached hydrogen (secondary N) is 1. The van der Waals surface area contributed by atoms with E-state index in [0.29, 0.717) is 6.42 Å². The van der Waals surface area contributed by atoms with Crippen LogP contribution in [0, 0.1) is 5.92 Å². The van der Waals surface area contributed by atoms with Crippen molar-refractivity contribution in [3.63, 3.8) is 0 Å². The van der Waals surface area contributed by atoms with E-state index in [-0.39, 0.29) is 25.7 Å². The van der Waals surface area contributed by atoms with Gasteiger partial charge in [-0.05, 0) is 29.0 Å². The van der Waals surface area contributed by atoms with E-state index >= 15 is 0 Å². The molecule has 0 saturated heterocycles. The second-order valence-corrected chi connectivity index (χ2v) is 10.2. The summed E-state index contributed by atoms with van der Waals surface area (Å²) in [5.74, 6) is -0.345. The quantitative estimate of drug-likeness (QED) is 0.229. The Morgan fingerprint density at radius 2 is 1.15 bits per heavy atom. The van der Waals surface area contributed by atoms with E-state index in [1.807, 2.05) is 105 Å². The Morgan fingerprint density at radius 3 is 1.56 bits per heavy atom. The molecule has 3 rings (SSSR count). The lowest BCUT2D eigenvalue weighted by molar-refractivity contribution is -0.147. The normalized spacial score (nSPS) is 12.4. The van der Waals surface area contributed by atoms with Gasteiger partial charge in [-0.2, -0.15) is 0 Å². The Bertz CT molecular complexity index is 997. The van der Waals surface area contributed by atoms with Gasteiger partial charge in [0.15, 0.2) is 0 Å². The van der Waals surface area contributed by atoms with Crippen LogP contribution in [0.4, 0.5) is 0 Å². The van der Waals surface area contributed by atoms with Gasteiger partial charge in [-0.3, -0.25) is 13.8 Å². The van der Waals surface area contributed by atoms with Crippen molar-refractivity contribution < 1.29 is 23.1 Å². The molecule has 0 unspecified atom stereocenters. The van der Waals surface area contributed by atoms with Crippen LogP contribution in [0.1, 0.15) is 37.0 Å². The molecule has 0 aliphatic heterocycles. The van der Waals surface area contributed by atoms with Crippen molar-refractivity contribution in [3.8, 4) is 0 Å². The molecule has 3 aromatic rings. The Kier molecular flexibility index (Phi) is 10.0. The monoisotopic (exact) mass is 481 g/mol. The second kappa shape index (κ2) is 13.2. The van der Waals surface area contributed by atoms with Crippen molar-refractivity contribution in [3.05, 3.63) is 108 Å². The van der Waals surface area contributed by atoms with Gasteiger partial charge in [0, 0.05) is 0 Å². The predicted octanol–water partition coefficient (Wildman–Crippen LogP) is 6.28. The van der Waals surface area contributed by atoms with Crippen LogP contribution in [0.15, 0.2) is 91.0 Å². The third-order valence-corrected chi connectivity index (χ3v) is 6.58. The standard InChI is InChI=1S/C27H32NO5P/c1-22(2)18-26(27(29)31-19-23-12-6-3-7-13-23)28-34(30,32-20-24-14-8-4-9-15-24)33-21-25-16-10-5-11-17-25/h3-17,22,26H,18-21H2,1-2H3,(H,28,30)/t26-/m0/s1. The summed E-state index contributed by atoms with van der Waals surface area (Å²) in [7, 11) is -3.86. The van der Waals surface area contributed by atoms with E-state index in [4.69, 9.17) is 13.8 Å². The van der Waals surface area contributed by atoms with Crippen molar-refractivity contribution in [1.82, 2.24) is 5.09 Å². The summed E-state index contributed by atoms with van der Waals surface area (Å²) in [5, 5.41) is 2.87. The highest BCUT2D eigenvalue weighted by Gasteiger charge is 2.33. The van der Waals surface area contributed by atoms with Gasteiger partial charge in [0.1, 0.15) is 12.6 Å². The first-order valence-electron chi connectivity index (χ1n) is 11.4. The predicted molar refractivity (Wildman–Crippen MR) is 133 cm³/mol. The number of ether oxygens (including phenoxy) is 1. The number of benzene rings is 3. The fourth-order valence-electron chi connectivity index (χ4n) is 3.27. The molecule has 34 heavy (non-hydrogen) atoms. The average molecular weight is 482 g/mol. The molecule has 7 heteroatoms. The number of esters is 1. The largest absolute Gasteiger partial charge is 0.460 e. The summed E-state index contributed by atoms with van der Waals surface area (Å²) >= 11 is 0. The smallest absolute Gasteiger partial charge is 0.406 e. The molecule has 0 aromatic heterocycles. The van der Waals surface area contributed by atoms with Gasteiger partial charge >= 0.3 is 13.7 Å². The molecule has 0 aliphatic carbocycles. The molecular formula is C27H32NO5P. The maximum Gasteiger partial charge on any atom is 0.406 e. The van der Waals surface area contributed by atoms with Crippen molar-refractivity contribution >= 4 is 13.7 Å². The molecule has 1 atom stereocenters. The zero-order valence-corrected chi connectivity index (χ0v) is 20.5. The zero-order valence-electron chi connectivity index (χ0n) is 19.6. The van der Waals surface area contributed by atoms with Gasteiger partial charge in [-0.1, -0.05) is 105 Å². The van der Waals surface area contributed by atoms with E-state index in [9.17, 15) is 9.36 Å². The third kappa shape index (κ3) is 8.88. The Labute approximate surface area is 201 Å². The highest BCUT2D eigenvalue weighted by molar-refractivity contribution is 7.51. The highest BCUT2D eigenvalue weighted by Crippen LogP contribution is 2.46. The van der Waals surface area contributed by atoms with Crippen LogP contribution >= 0.6 is 7.75 Å². The summed E-state index contributed by atoms with van der Waals surface area (Å²) in [6.45, 7) is 4.26. The van der Waals surface area contributed by atoms with Crippen LogP contribution in [0.2, 0.25) is 0 Å². The Hall–Kier alpha value is -2.76. The van der Waals surface area contributed by atoms with Crippen LogP contribution in [0.25, 0.3) is 0 Å². The van der Waals surface area contributed by atoms with E-state index in [0.717, 1.165) is 16.7 Å². The van der Waals surface area contributed by atoms with E-state index in [2.05, 4.69) is 5.09 Å². The fraction of sp³-hybridized carbons (Fsp3) is 0.296. The van der Waals surface area contributed by atoms with Gasteiger partial charge < -0.3 is 4.74 Å². The zero-order chi connectivity index (χ0) is 24.2. The SMILES string of the molecule is CC(C)C[C@H](NP(=O)(OCc1ccccc1)OCc1ccccc1)C(=O)OCc1ccccc1. The fourth-order valence-corrected chi connectivity index (χ4v) is 4.73. The molecule has 0 fully saturated rings. The van der Waals surface area contributed by atoms with Crippen molar-refractivity contribution in [2.45, 2.75) is 46.1 Å². The number of hydrogen-bond donors (Lipinski definition) is 1. The first-order valence-corrected chi connectivity index (χ1v) is 12.9. The van der Waals surface area contributed by atoms with Crippen LogP contribution < -0.4 is 5.09 Å².